The van der Waals surface area contributed by atoms with E-state index in [9.17, 15) is 0 Å². The minimum absolute atomic E-state index is 0.0379. The van der Waals surface area contributed by atoms with Gasteiger partial charge in [0.05, 0.1) is 10.9 Å². The van der Waals surface area contributed by atoms with Gasteiger partial charge in [0.2, 0.25) is 0 Å². The van der Waals surface area contributed by atoms with Crippen molar-refractivity contribution in [3.8, 4) is 0 Å². The van der Waals surface area contributed by atoms with Crippen LogP contribution in [0.2, 0.25) is 0 Å². The van der Waals surface area contributed by atoms with Crippen molar-refractivity contribution in [3.05, 3.63) is 41.9 Å². The molecule has 0 radical (unpaired) electrons. The van der Waals surface area contributed by atoms with Gasteiger partial charge in [0.25, 0.3) is 11.5 Å². The normalized spacial score (nSPS) is 27.1. The fourth-order valence-corrected chi connectivity index (χ4v) is 4.65. The first-order valence-corrected chi connectivity index (χ1v) is 8.31. The van der Waals surface area contributed by atoms with Crippen molar-refractivity contribution in [2.75, 3.05) is 0 Å². The number of pyridine rings is 1. The number of rotatable bonds is 2. The second-order valence-electron chi connectivity index (χ2n) is 7.05. The van der Waals surface area contributed by atoms with E-state index >= 15 is 0 Å². The lowest BCUT2D eigenvalue weighted by Gasteiger charge is -2.47. The van der Waals surface area contributed by atoms with Crippen LogP contribution in [0.25, 0.3) is 16.4 Å². The Bertz CT molecular complexity index is 908. The van der Waals surface area contributed by atoms with Crippen molar-refractivity contribution < 1.29 is 4.57 Å². The van der Waals surface area contributed by atoms with E-state index in [0.717, 1.165) is 18.7 Å². The van der Waals surface area contributed by atoms with Gasteiger partial charge in [-0.15, -0.1) is 0 Å². The molecule has 114 valence electrons. The Balaban J connectivity index is 2.34. The van der Waals surface area contributed by atoms with Crippen molar-refractivity contribution in [1.29, 1.82) is 0 Å². The highest BCUT2D eigenvalue weighted by Gasteiger charge is 2.53. The van der Waals surface area contributed by atoms with E-state index < -0.39 is 0 Å². The zero-order valence-electron chi connectivity index (χ0n) is 14.1. The molecule has 0 bridgehead atoms. The summed E-state index contributed by atoms with van der Waals surface area (Å²) in [6.45, 7) is 11.6. The molecular formula is C19H24N3+. The Labute approximate surface area is 131 Å². The van der Waals surface area contributed by atoms with E-state index in [-0.39, 0.29) is 11.0 Å². The van der Waals surface area contributed by atoms with Crippen LogP contribution in [0.5, 0.6) is 0 Å². The number of nitrogens with zero attached hydrogens (tertiary/aromatic N) is 3. The first-order chi connectivity index (χ1) is 10.5. The topological polar surface area (TPSA) is 21.2 Å². The molecule has 2 unspecified atom stereocenters. The minimum Gasteiger partial charge on any atom is -0.221 e. The summed E-state index contributed by atoms with van der Waals surface area (Å²) in [6, 6.07) is 8.94. The molecule has 0 saturated heterocycles. The molecule has 0 N–H and O–H groups in total. The van der Waals surface area contributed by atoms with Crippen molar-refractivity contribution >= 4 is 16.4 Å². The van der Waals surface area contributed by atoms with Gasteiger partial charge in [-0.2, -0.15) is 0 Å². The molecule has 0 spiro atoms. The zero-order chi connectivity index (χ0) is 15.7. The maximum Gasteiger partial charge on any atom is 0.275 e. The molecular weight excluding hydrogens is 270 g/mol. The lowest BCUT2D eigenvalue weighted by molar-refractivity contribution is -0.756. The van der Waals surface area contributed by atoms with E-state index in [4.69, 9.17) is 5.10 Å². The molecule has 1 aliphatic rings. The molecule has 0 aliphatic carbocycles. The van der Waals surface area contributed by atoms with Gasteiger partial charge in [-0.1, -0.05) is 43.5 Å². The maximum absolute atomic E-state index is 4.79. The first-order valence-electron chi connectivity index (χ1n) is 8.31. The third-order valence-corrected chi connectivity index (χ3v) is 6.39. The van der Waals surface area contributed by atoms with Gasteiger partial charge >= 0.3 is 0 Å². The van der Waals surface area contributed by atoms with Gasteiger partial charge in [0, 0.05) is 17.4 Å². The first kappa shape index (κ1) is 13.7. The van der Waals surface area contributed by atoms with Gasteiger partial charge in [0.1, 0.15) is 6.20 Å². The average molecular weight is 294 g/mol. The van der Waals surface area contributed by atoms with Crippen LogP contribution in [-0.2, 0) is 11.0 Å². The summed E-state index contributed by atoms with van der Waals surface area (Å²) in [5, 5.41) is 7.48. The third-order valence-electron chi connectivity index (χ3n) is 6.39. The van der Waals surface area contributed by atoms with Crippen molar-refractivity contribution in [3.63, 3.8) is 0 Å². The highest BCUT2D eigenvalue weighted by Crippen LogP contribution is 2.48. The van der Waals surface area contributed by atoms with E-state index in [1.54, 1.807) is 0 Å². The molecule has 4 rings (SSSR count). The van der Waals surface area contributed by atoms with Gasteiger partial charge in [-0.3, -0.25) is 0 Å². The van der Waals surface area contributed by atoms with Crippen LogP contribution in [0.4, 0.5) is 0 Å². The predicted octanol–water partition coefficient (Wildman–Crippen LogP) is 3.89. The second kappa shape index (κ2) is 4.09. The lowest BCUT2D eigenvalue weighted by Crippen LogP contribution is -2.67. The summed E-state index contributed by atoms with van der Waals surface area (Å²) in [5.74, 6) is 1.10. The molecule has 3 heteroatoms. The van der Waals surface area contributed by atoms with Crippen molar-refractivity contribution in [2.24, 2.45) is 0 Å². The van der Waals surface area contributed by atoms with Crippen LogP contribution in [0.1, 0.15) is 51.9 Å². The molecule has 1 aromatic carbocycles. The van der Waals surface area contributed by atoms with Gasteiger partial charge in [-0.05, 0) is 36.8 Å². The maximum atomic E-state index is 4.79. The molecule has 3 heterocycles. The Morgan fingerprint density at radius 3 is 2.59 bits per heavy atom. The fraction of sp³-hybridized carbons (Fsp3) is 0.474. The molecule has 22 heavy (non-hydrogen) atoms. The Morgan fingerprint density at radius 1 is 1.14 bits per heavy atom. The summed E-state index contributed by atoms with van der Waals surface area (Å²) < 4.78 is 4.55. The predicted molar refractivity (Wildman–Crippen MR) is 89.2 cm³/mol. The van der Waals surface area contributed by atoms with E-state index in [1.165, 1.54) is 22.0 Å². The average Bonchev–Trinajstić information content (AvgIpc) is 2.88. The van der Waals surface area contributed by atoms with E-state index in [0.29, 0.717) is 0 Å². The SMILES string of the molecule is CCC1(C)c2cccc3ccn4nc(C)[n+](c4c23)C1(C)CC. The quantitative estimate of drug-likeness (QED) is 0.657. The molecule has 0 fully saturated rings. The monoisotopic (exact) mass is 294 g/mol. The summed E-state index contributed by atoms with van der Waals surface area (Å²) in [5.41, 5.74) is 2.87. The van der Waals surface area contributed by atoms with E-state index in [2.05, 4.69) is 74.2 Å². The van der Waals surface area contributed by atoms with Gasteiger partial charge in [0.15, 0.2) is 0 Å². The van der Waals surface area contributed by atoms with Crippen LogP contribution < -0.4 is 4.57 Å². The van der Waals surface area contributed by atoms with Crippen LogP contribution >= 0.6 is 0 Å². The van der Waals surface area contributed by atoms with E-state index in [1.807, 2.05) is 0 Å². The smallest absolute Gasteiger partial charge is 0.221 e. The number of hydrogen-bond donors (Lipinski definition) is 0. The standard InChI is InChI=1S/C19H24N3/c1-6-18(4)15-10-8-9-14-11-12-21-17(16(14)15)22(13(3)20-21)19(18,5)7-2/h8-12H,6-7H2,1-5H3/q+1. The number of aryl methyl sites for hydroxylation is 1. The lowest BCUT2D eigenvalue weighted by atomic mass is 9.62. The molecule has 0 amide bonds. The summed E-state index contributed by atoms with van der Waals surface area (Å²) in [6.07, 6.45) is 4.30. The fourth-order valence-electron chi connectivity index (χ4n) is 4.65. The van der Waals surface area contributed by atoms with Crippen molar-refractivity contribution in [2.45, 2.75) is 58.4 Å². The number of aromatic nitrogens is 3. The second-order valence-corrected chi connectivity index (χ2v) is 7.05. The van der Waals surface area contributed by atoms with Crippen LogP contribution in [0, 0.1) is 6.92 Å². The molecule has 3 aromatic rings. The molecule has 2 atom stereocenters. The largest absolute Gasteiger partial charge is 0.275 e. The number of benzene rings is 1. The highest BCUT2D eigenvalue weighted by atomic mass is 15.4. The minimum atomic E-state index is 0.0379. The van der Waals surface area contributed by atoms with Gasteiger partial charge < -0.3 is 0 Å². The molecule has 1 aliphatic heterocycles. The number of hydrogen-bond acceptors (Lipinski definition) is 1. The molecule has 0 saturated carbocycles. The summed E-state index contributed by atoms with van der Waals surface area (Å²) in [7, 11) is 0. The summed E-state index contributed by atoms with van der Waals surface area (Å²) >= 11 is 0. The zero-order valence-corrected chi connectivity index (χ0v) is 14.1. The van der Waals surface area contributed by atoms with Gasteiger partial charge in [-0.25, -0.2) is 4.57 Å². The van der Waals surface area contributed by atoms with Crippen LogP contribution in [-0.4, -0.2) is 9.61 Å². The highest BCUT2D eigenvalue weighted by molar-refractivity contribution is 5.96. The Hall–Kier alpha value is -1.90. The summed E-state index contributed by atoms with van der Waals surface area (Å²) in [4.78, 5) is 0. The Kier molecular flexibility index (Phi) is 2.56. The van der Waals surface area contributed by atoms with Crippen LogP contribution in [0.15, 0.2) is 30.5 Å². The van der Waals surface area contributed by atoms with Crippen LogP contribution in [0.3, 0.4) is 0 Å². The Morgan fingerprint density at radius 2 is 1.91 bits per heavy atom. The molecule has 2 aromatic heterocycles. The van der Waals surface area contributed by atoms with Crippen molar-refractivity contribution in [1.82, 2.24) is 9.61 Å². The molecule has 3 nitrogen and oxygen atoms in total. The third kappa shape index (κ3) is 1.29.